The van der Waals surface area contributed by atoms with Crippen LogP contribution in [0.2, 0.25) is 0 Å². The topological polar surface area (TPSA) is 86.3 Å². The highest BCUT2D eigenvalue weighted by Crippen LogP contribution is 2.39. The first kappa shape index (κ1) is 18.5. The lowest BCUT2D eigenvalue weighted by Gasteiger charge is -2.22. The van der Waals surface area contributed by atoms with Crippen LogP contribution in [0.1, 0.15) is 45.6 Å². The minimum Gasteiger partial charge on any atom is -0.436 e. The molecule has 4 heterocycles. The van der Waals surface area contributed by atoms with Gasteiger partial charge in [0.05, 0.1) is 30.2 Å². The van der Waals surface area contributed by atoms with Gasteiger partial charge in [-0.1, -0.05) is 0 Å². The Balaban J connectivity index is 1.54. The zero-order chi connectivity index (χ0) is 20.1. The summed E-state index contributed by atoms with van der Waals surface area (Å²) in [5.74, 6) is 0.549. The fraction of sp³-hybridized carbons (Fsp3) is 0.500. The molecule has 152 valence electrons. The molecule has 1 atom stereocenters. The molecule has 0 saturated carbocycles. The van der Waals surface area contributed by atoms with Crippen LogP contribution in [0.25, 0.3) is 11.3 Å². The van der Waals surface area contributed by atoms with E-state index >= 15 is 0 Å². The second-order valence-electron chi connectivity index (χ2n) is 7.59. The Labute approximate surface area is 172 Å². The smallest absolute Gasteiger partial charge is 0.297 e. The van der Waals surface area contributed by atoms with Gasteiger partial charge < -0.3 is 9.15 Å². The van der Waals surface area contributed by atoms with Gasteiger partial charge in [0.2, 0.25) is 5.76 Å². The standard InChI is InChI=1S/C20H23N5O3S/c1-11-18(28-12(2)22-11)19(26)25(10-13-5-4-8-27-13)20-23-17-14-9-21-24(3)15(14)6-7-16(17)29-20/h9,13H,4-8,10H2,1-3H3. The lowest BCUT2D eigenvalue weighted by Crippen LogP contribution is -2.37. The van der Waals surface area contributed by atoms with E-state index in [9.17, 15) is 4.79 Å². The van der Waals surface area contributed by atoms with Crippen molar-refractivity contribution in [1.29, 1.82) is 0 Å². The number of hydrogen-bond acceptors (Lipinski definition) is 7. The highest BCUT2D eigenvalue weighted by atomic mass is 32.1. The summed E-state index contributed by atoms with van der Waals surface area (Å²) in [6.07, 6.45) is 5.67. The third-order valence-corrected chi connectivity index (χ3v) is 6.71. The predicted octanol–water partition coefficient (Wildman–Crippen LogP) is 3.07. The first-order valence-corrected chi connectivity index (χ1v) is 10.7. The van der Waals surface area contributed by atoms with Crippen molar-refractivity contribution >= 4 is 22.4 Å². The third kappa shape index (κ3) is 3.18. The van der Waals surface area contributed by atoms with Gasteiger partial charge in [0, 0.05) is 36.7 Å². The van der Waals surface area contributed by atoms with Crippen molar-refractivity contribution in [2.75, 3.05) is 18.1 Å². The molecule has 0 bridgehead atoms. The number of carbonyl (C=O) groups excluding carboxylic acids is 1. The molecule has 5 rings (SSSR count). The number of aromatic nitrogens is 4. The fourth-order valence-corrected chi connectivity index (χ4v) is 5.20. The largest absolute Gasteiger partial charge is 0.436 e. The molecule has 9 heteroatoms. The monoisotopic (exact) mass is 413 g/mol. The quantitative estimate of drug-likeness (QED) is 0.653. The summed E-state index contributed by atoms with van der Waals surface area (Å²) in [5, 5.41) is 5.07. The van der Waals surface area contributed by atoms with Gasteiger partial charge in [-0.25, -0.2) is 9.97 Å². The van der Waals surface area contributed by atoms with Crippen LogP contribution >= 0.6 is 11.3 Å². The Morgan fingerprint density at radius 2 is 2.21 bits per heavy atom. The van der Waals surface area contributed by atoms with Crippen molar-refractivity contribution in [2.45, 2.75) is 45.6 Å². The lowest BCUT2D eigenvalue weighted by atomic mass is 10.0. The molecule has 1 aliphatic carbocycles. The van der Waals surface area contributed by atoms with Gasteiger partial charge in [0.1, 0.15) is 0 Å². The molecule has 29 heavy (non-hydrogen) atoms. The van der Waals surface area contributed by atoms with E-state index < -0.39 is 0 Å². The number of anilines is 1. The maximum absolute atomic E-state index is 13.4. The normalized spacial score (nSPS) is 18.0. The van der Waals surface area contributed by atoms with Crippen LogP contribution in [0, 0.1) is 13.8 Å². The van der Waals surface area contributed by atoms with E-state index in [0.29, 0.717) is 23.3 Å². The van der Waals surface area contributed by atoms with Gasteiger partial charge in [0.15, 0.2) is 11.0 Å². The van der Waals surface area contributed by atoms with E-state index in [1.54, 1.807) is 30.1 Å². The van der Waals surface area contributed by atoms with Gasteiger partial charge in [-0.2, -0.15) is 5.10 Å². The number of nitrogens with zero attached hydrogens (tertiary/aromatic N) is 5. The van der Waals surface area contributed by atoms with Crippen LogP contribution < -0.4 is 4.90 Å². The van der Waals surface area contributed by atoms with E-state index in [1.807, 2.05) is 17.9 Å². The molecule has 1 fully saturated rings. The maximum atomic E-state index is 13.4. The second kappa shape index (κ2) is 7.07. The summed E-state index contributed by atoms with van der Waals surface area (Å²) in [6.45, 7) is 4.74. The molecule has 1 saturated heterocycles. The van der Waals surface area contributed by atoms with Crippen LogP contribution in [0.4, 0.5) is 5.13 Å². The van der Waals surface area contributed by atoms with Crippen molar-refractivity contribution in [1.82, 2.24) is 19.7 Å². The number of ether oxygens (including phenoxy) is 1. The molecule has 8 nitrogen and oxygen atoms in total. The number of amides is 1. The average molecular weight is 414 g/mol. The minimum absolute atomic E-state index is 0.0122. The zero-order valence-corrected chi connectivity index (χ0v) is 17.6. The Morgan fingerprint density at radius 1 is 1.34 bits per heavy atom. The number of thiazole rings is 1. The minimum atomic E-state index is -0.212. The Kier molecular flexibility index (Phi) is 4.51. The van der Waals surface area contributed by atoms with Gasteiger partial charge in [0.25, 0.3) is 5.91 Å². The summed E-state index contributed by atoms with van der Waals surface area (Å²) >= 11 is 1.57. The Morgan fingerprint density at radius 3 is 2.93 bits per heavy atom. The number of rotatable bonds is 4. The summed E-state index contributed by atoms with van der Waals surface area (Å²) in [4.78, 5) is 25.5. The number of fused-ring (bicyclic) bond motifs is 3. The number of aryl methyl sites for hydroxylation is 4. The van der Waals surface area contributed by atoms with Gasteiger partial charge in [-0.05, 0) is 32.6 Å². The highest BCUT2D eigenvalue weighted by molar-refractivity contribution is 7.16. The average Bonchev–Trinajstić information content (AvgIpc) is 3.46. The van der Waals surface area contributed by atoms with E-state index in [4.69, 9.17) is 14.1 Å². The van der Waals surface area contributed by atoms with Gasteiger partial charge in [-0.15, -0.1) is 11.3 Å². The van der Waals surface area contributed by atoms with Crippen LogP contribution in [0.3, 0.4) is 0 Å². The molecule has 3 aromatic rings. The molecule has 0 spiro atoms. The first-order valence-electron chi connectivity index (χ1n) is 9.89. The molecular formula is C20H23N5O3S. The van der Waals surface area contributed by atoms with Gasteiger partial charge in [-0.3, -0.25) is 14.4 Å². The maximum Gasteiger partial charge on any atom is 0.297 e. The summed E-state index contributed by atoms with van der Waals surface area (Å²) in [5.41, 5.74) is 3.79. The van der Waals surface area contributed by atoms with Crippen LogP contribution in [0.15, 0.2) is 10.6 Å². The van der Waals surface area contributed by atoms with Crippen LogP contribution in [-0.2, 0) is 24.6 Å². The molecular weight excluding hydrogens is 390 g/mol. The molecule has 0 N–H and O–H groups in total. The third-order valence-electron chi connectivity index (χ3n) is 5.58. The molecule has 0 aromatic carbocycles. The predicted molar refractivity (Wildman–Crippen MR) is 108 cm³/mol. The number of oxazole rings is 1. The molecule has 0 radical (unpaired) electrons. The van der Waals surface area contributed by atoms with Crippen molar-refractivity contribution in [3.8, 4) is 11.3 Å². The summed E-state index contributed by atoms with van der Waals surface area (Å²) < 4.78 is 13.3. The Hall–Kier alpha value is -2.52. The van der Waals surface area contributed by atoms with Crippen molar-refractivity contribution < 1.29 is 13.9 Å². The number of carbonyl (C=O) groups is 1. The molecule has 2 aliphatic rings. The molecule has 1 amide bonds. The van der Waals surface area contributed by atoms with Crippen molar-refractivity contribution in [3.63, 3.8) is 0 Å². The fourth-order valence-electron chi connectivity index (χ4n) is 4.12. The molecule has 3 aromatic heterocycles. The lowest BCUT2D eigenvalue weighted by molar-refractivity contribution is 0.0893. The SMILES string of the molecule is Cc1nc(C)c(C(=O)N(CC2CCCO2)c2nc3c(s2)CCc2c-3cnn2C)o1. The second-order valence-corrected chi connectivity index (χ2v) is 8.66. The van der Waals surface area contributed by atoms with E-state index in [2.05, 4.69) is 10.1 Å². The molecule has 1 unspecified atom stereocenters. The van der Waals surface area contributed by atoms with E-state index in [-0.39, 0.29) is 17.8 Å². The van der Waals surface area contributed by atoms with E-state index in [1.165, 1.54) is 10.6 Å². The summed E-state index contributed by atoms with van der Waals surface area (Å²) in [6, 6.07) is 0. The van der Waals surface area contributed by atoms with Crippen molar-refractivity contribution in [2.24, 2.45) is 7.05 Å². The Bertz CT molecular complexity index is 1080. The molecule has 1 aliphatic heterocycles. The van der Waals surface area contributed by atoms with Crippen LogP contribution in [0.5, 0.6) is 0 Å². The zero-order valence-electron chi connectivity index (χ0n) is 16.8. The van der Waals surface area contributed by atoms with E-state index in [0.717, 1.165) is 43.5 Å². The van der Waals surface area contributed by atoms with Gasteiger partial charge >= 0.3 is 0 Å². The van der Waals surface area contributed by atoms with Crippen molar-refractivity contribution in [3.05, 3.63) is 34.1 Å². The summed E-state index contributed by atoms with van der Waals surface area (Å²) in [7, 11) is 1.96. The highest BCUT2D eigenvalue weighted by Gasteiger charge is 2.32. The first-order chi connectivity index (χ1) is 14.0. The van der Waals surface area contributed by atoms with Crippen LogP contribution in [-0.4, -0.2) is 44.9 Å². The number of hydrogen-bond donors (Lipinski definition) is 0.